The van der Waals surface area contributed by atoms with Gasteiger partial charge in [0.2, 0.25) is 0 Å². The van der Waals surface area contributed by atoms with Crippen LogP contribution in [0, 0.1) is 0 Å². The number of rotatable bonds is 18. The molecule has 0 aromatic heterocycles. The van der Waals surface area contributed by atoms with Crippen molar-refractivity contribution in [3.8, 4) is 0 Å². The number of hydrogen-bond acceptors (Lipinski definition) is 2. The Morgan fingerprint density at radius 3 is 2.04 bits per heavy atom. The molecule has 0 rings (SSSR count). The van der Waals surface area contributed by atoms with Crippen molar-refractivity contribution in [2.75, 3.05) is 6.61 Å². The molecule has 0 aliphatic heterocycles. The summed E-state index contributed by atoms with van der Waals surface area (Å²) in [4.78, 5) is 11.1. The Bertz CT molecular complexity index is 396. The topological polar surface area (TPSA) is 46.5 Å². The summed E-state index contributed by atoms with van der Waals surface area (Å²) in [6.45, 7) is 4.69. The fourth-order valence-corrected chi connectivity index (χ4v) is 2.66. The molecule has 0 bridgehead atoms. The molecule has 0 aliphatic rings. The molecule has 1 N–H and O–H groups in total. The third-order valence-electron chi connectivity index (χ3n) is 4.17. The van der Waals surface area contributed by atoms with Gasteiger partial charge in [-0.15, -0.1) is 0 Å². The van der Waals surface area contributed by atoms with Crippen LogP contribution in [0.5, 0.6) is 0 Å². The monoisotopic (exact) mass is 364 g/mol. The Balaban J connectivity index is 3.43. The number of carboxylic acid groups (broad SMARTS) is 1. The van der Waals surface area contributed by atoms with E-state index in [0.29, 0.717) is 13.0 Å². The number of aliphatic carboxylic acids is 1. The van der Waals surface area contributed by atoms with E-state index in [-0.39, 0.29) is 0 Å². The molecule has 0 amide bonds. The van der Waals surface area contributed by atoms with Gasteiger partial charge >= 0.3 is 5.97 Å². The Morgan fingerprint density at radius 1 is 0.846 bits per heavy atom. The molecule has 1 unspecified atom stereocenters. The number of carbonyl (C=O) groups is 1. The van der Waals surface area contributed by atoms with Gasteiger partial charge in [0, 0.05) is 6.61 Å². The number of carboxylic acids is 1. The molecule has 0 heterocycles. The summed E-state index contributed by atoms with van der Waals surface area (Å²) in [5.74, 6) is -0.822. The van der Waals surface area contributed by atoms with Gasteiger partial charge in [0.15, 0.2) is 6.10 Å². The van der Waals surface area contributed by atoms with Crippen molar-refractivity contribution < 1.29 is 14.6 Å². The fraction of sp³-hybridized carbons (Fsp3) is 0.696. The van der Waals surface area contributed by atoms with Crippen LogP contribution in [0.25, 0.3) is 0 Å². The quantitative estimate of drug-likeness (QED) is 0.214. The number of allylic oxidation sites excluding steroid dienone is 6. The standard InChI is InChI=1S/C23H40O3/c1-3-5-6-7-8-9-10-11-12-13-14-15-16-17-18-19-20-22(23(24)25)26-21-4-2/h5-6,8-9,11-12,22H,3-4,7,10,13-21H2,1-2H3,(H,24,25)/b6-5-,9-8-,12-11-. The zero-order valence-corrected chi connectivity index (χ0v) is 17.0. The second-order valence-electron chi connectivity index (χ2n) is 6.69. The van der Waals surface area contributed by atoms with Crippen LogP contribution in [0.1, 0.15) is 90.9 Å². The molecule has 26 heavy (non-hydrogen) atoms. The normalized spacial score (nSPS) is 13.3. The summed E-state index contributed by atoms with van der Waals surface area (Å²) in [5, 5.41) is 9.09. The smallest absolute Gasteiger partial charge is 0.332 e. The second kappa shape index (κ2) is 20.0. The lowest BCUT2D eigenvalue weighted by Crippen LogP contribution is -2.24. The van der Waals surface area contributed by atoms with Gasteiger partial charge in [0.25, 0.3) is 0 Å². The summed E-state index contributed by atoms with van der Waals surface area (Å²) in [5.41, 5.74) is 0. The van der Waals surface area contributed by atoms with Crippen molar-refractivity contribution in [2.45, 2.75) is 97.0 Å². The average Bonchev–Trinajstić information content (AvgIpc) is 2.63. The molecule has 0 spiro atoms. The van der Waals surface area contributed by atoms with Gasteiger partial charge in [-0.2, -0.15) is 0 Å². The highest BCUT2D eigenvalue weighted by Gasteiger charge is 2.16. The molecular formula is C23H40O3. The van der Waals surface area contributed by atoms with Gasteiger partial charge in [-0.05, 0) is 44.9 Å². The summed E-state index contributed by atoms with van der Waals surface area (Å²) >= 11 is 0. The van der Waals surface area contributed by atoms with Crippen molar-refractivity contribution in [3.63, 3.8) is 0 Å². The maximum Gasteiger partial charge on any atom is 0.332 e. The Kier molecular flexibility index (Phi) is 18.9. The van der Waals surface area contributed by atoms with Crippen LogP contribution in [-0.4, -0.2) is 23.8 Å². The van der Waals surface area contributed by atoms with Gasteiger partial charge in [-0.25, -0.2) is 4.79 Å². The number of hydrogen-bond donors (Lipinski definition) is 1. The highest BCUT2D eigenvalue weighted by molar-refractivity contribution is 5.72. The van der Waals surface area contributed by atoms with Crippen molar-refractivity contribution in [1.29, 1.82) is 0 Å². The summed E-state index contributed by atoms with van der Waals surface area (Å²) in [6, 6.07) is 0. The lowest BCUT2D eigenvalue weighted by molar-refractivity contribution is -0.150. The molecule has 0 aromatic rings. The fourth-order valence-electron chi connectivity index (χ4n) is 2.66. The molecule has 3 nitrogen and oxygen atoms in total. The molecule has 1 atom stereocenters. The minimum absolute atomic E-state index is 0.538. The SMILES string of the molecule is CC/C=C\C/C=C\C/C=C\CCCCCCCCC(OCCC)C(=O)O. The first-order valence-corrected chi connectivity index (χ1v) is 10.5. The summed E-state index contributed by atoms with van der Waals surface area (Å²) < 4.78 is 5.36. The van der Waals surface area contributed by atoms with Gasteiger partial charge in [-0.3, -0.25) is 0 Å². The van der Waals surface area contributed by atoms with Crippen LogP contribution >= 0.6 is 0 Å². The zero-order chi connectivity index (χ0) is 19.3. The van der Waals surface area contributed by atoms with E-state index in [9.17, 15) is 4.79 Å². The zero-order valence-electron chi connectivity index (χ0n) is 17.0. The van der Waals surface area contributed by atoms with E-state index in [0.717, 1.165) is 44.9 Å². The van der Waals surface area contributed by atoms with Crippen LogP contribution in [0.15, 0.2) is 36.5 Å². The highest BCUT2D eigenvalue weighted by Crippen LogP contribution is 2.12. The van der Waals surface area contributed by atoms with Gasteiger partial charge in [-0.1, -0.05) is 82.4 Å². The van der Waals surface area contributed by atoms with E-state index in [1.807, 2.05) is 6.92 Å². The molecule has 0 fully saturated rings. The van der Waals surface area contributed by atoms with Crippen LogP contribution in [0.4, 0.5) is 0 Å². The van der Waals surface area contributed by atoms with E-state index in [1.54, 1.807) is 0 Å². The van der Waals surface area contributed by atoms with E-state index in [1.165, 1.54) is 25.7 Å². The first-order valence-electron chi connectivity index (χ1n) is 10.5. The second-order valence-corrected chi connectivity index (χ2v) is 6.69. The van der Waals surface area contributed by atoms with Crippen molar-refractivity contribution in [2.24, 2.45) is 0 Å². The molecule has 0 saturated heterocycles. The largest absolute Gasteiger partial charge is 0.479 e. The Labute approximate surface area is 161 Å². The predicted octanol–water partition coefficient (Wildman–Crippen LogP) is 6.85. The van der Waals surface area contributed by atoms with Gasteiger partial charge < -0.3 is 9.84 Å². The maximum absolute atomic E-state index is 11.1. The van der Waals surface area contributed by atoms with E-state index in [4.69, 9.17) is 9.84 Å². The number of ether oxygens (including phenoxy) is 1. The third-order valence-corrected chi connectivity index (χ3v) is 4.17. The number of unbranched alkanes of at least 4 members (excludes halogenated alkanes) is 6. The molecular weight excluding hydrogens is 324 g/mol. The van der Waals surface area contributed by atoms with E-state index in [2.05, 4.69) is 43.4 Å². The van der Waals surface area contributed by atoms with Crippen LogP contribution in [-0.2, 0) is 9.53 Å². The Morgan fingerprint density at radius 2 is 1.42 bits per heavy atom. The predicted molar refractivity (Wildman–Crippen MR) is 112 cm³/mol. The lowest BCUT2D eigenvalue weighted by atomic mass is 10.1. The van der Waals surface area contributed by atoms with Crippen LogP contribution in [0.3, 0.4) is 0 Å². The minimum atomic E-state index is -0.822. The molecule has 0 aromatic carbocycles. The molecule has 0 aliphatic carbocycles. The first-order chi connectivity index (χ1) is 12.7. The van der Waals surface area contributed by atoms with Gasteiger partial charge in [0.05, 0.1) is 0 Å². The van der Waals surface area contributed by atoms with Crippen LogP contribution < -0.4 is 0 Å². The summed E-state index contributed by atoms with van der Waals surface area (Å²) in [7, 11) is 0. The summed E-state index contributed by atoms with van der Waals surface area (Å²) in [6.07, 6.45) is 25.6. The third kappa shape index (κ3) is 17.5. The van der Waals surface area contributed by atoms with Crippen molar-refractivity contribution in [3.05, 3.63) is 36.5 Å². The van der Waals surface area contributed by atoms with Gasteiger partial charge in [0.1, 0.15) is 0 Å². The highest BCUT2D eigenvalue weighted by atomic mass is 16.5. The van der Waals surface area contributed by atoms with Crippen molar-refractivity contribution >= 4 is 5.97 Å². The molecule has 0 radical (unpaired) electrons. The minimum Gasteiger partial charge on any atom is -0.479 e. The molecule has 150 valence electrons. The lowest BCUT2D eigenvalue weighted by Gasteiger charge is -2.12. The first kappa shape index (κ1) is 24.7. The molecule has 0 saturated carbocycles. The van der Waals surface area contributed by atoms with Crippen molar-refractivity contribution in [1.82, 2.24) is 0 Å². The van der Waals surface area contributed by atoms with E-state index < -0.39 is 12.1 Å². The maximum atomic E-state index is 11.1. The van der Waals surface area contributed by atoms with E-state index >= 15 is 0 Å². The Hall–Kier alpha value is -1.35. The van der Waals surface area contributed by atoms with Crippen LogP contribution in [0.2, 0.25) is 0 Å². The molecule has 3 heteroatoms. The average molecular weight is 365 g/mol.